The second-order valence-electron chi connectivity index (χ2n) is 6.26. The van der Waals surface area contributed by atoms with Crippen molar-refractivity contribution < 1.29 is 4.79 Å². The van der Waals surface area contributed by atoms with Gasteiger partial charge < -0.3 is 16.8 Å². The number of fused-ring (bicyclic) bond motifs is 1. The van der Waals surface area contributed by atoms with Crippen LogP contribution in [0.15, 0.2) is 54.7 Å². The SMILES string of the molecule is Cc1ccc2[nH]ncc2c1-c1cc(Nc2ccccc2)nc(C(N)=O)c1N. The summed E-state index contributed by atoms with van der Waals surface area (Å²) in [7, 11) is 0. The van der Waals surface area contributed by atoms with E-state index in [-0.39, 0.29) is 11.4 Å². The molecule has 0 spiro atoms. The molecule has 4 aromatic rings. The Morgan fingerprint density at radius 3 is 2.67 bits per heavy atom. The Labute approximate surface area is 155 Å². The van der Waals surface area contributed by atoms with E-state index in [2.05, 4.69) is 20.5 Å². The van der Waals surface area contributed by atoms with E-state index >= 15 is 0 Å². The van der Waals surface area contributed by atoms with Crippen LogP contribution in [-0.2, 0) is 0 Å². The van der Waals surface area contributed by atoms with Crippen molar-refractivity contribution in [1.82, 2.24) is 15.2 Å². The largest absolute Gasteiger partial charge is 0.396 e. The molecule has 0 aliphatic heterocycles. The molecule has 0 aliphatic carbocycles. The number of amides is 1. The summed E-state index contributed by atoms with van der Waals surface area (Å²) >= 11 is 0. The van der Waals surface area contributed by atoms with E-state index in [1.807, 2.05) is 55.5 Å². The lowest BCUT2D eigenvalue weighted by Crippen LogP contribution is -2.17. The average molecular weight is 358 g/mol. The van der Waals surface area contributed by atoms with Crippen LogP contribution in [0, 0.1) is 6.92 Å². The monoisotopic (exact) mass is 358 g/mol. The van der Waals surface area contributed by atoms with Crippen molar-refractivity contribution in [3.8, 4) is 11.1 Å². The highest BCUT2D eigenvalue weighted by atomic mass is 16.1. The molecular weight excluding hydrogens is 340 g/mol. The molecule has 2 heterocycles. The van der Waals surface area contributed by atoms with Crippen molar-refractivity contribution in [3.63, 3.8) is 0 Å². The maximum atomic E-state index is 11.9. The molecule has 0 bridgehead atoms. The minimum atomic E-state index is -0.678. The van der Waals surface area contributed by atoms with Crippen LogP contribution >= 0.6 is 0 Å². The highest BCUT2D eigenvalue weighted by Gasteiger charge is 2.19. The number of pyridine rings is 1. The highest BCUT2D eigenvalue weighted by Crippen LogP contribution is 2.37. The summed E-state index contributed by atoms with van der Waals surface area (Å²) in [5, 5.41) is 11.2. The van der Waals surface area contributed by atoms with Gasteiger partial charge in [-0.25, -0.2) is 4.98 Å². The third kappa shape index (κ3) is 2.95. The summed E-state index contributed by atoms with van der Waals surface area (Å²) in [6.45, 7) is 1.98. The van der Waals surface area contributed by atoms with Crippen LogP contribution in [0.3, 0.4) is 0 Å². The van der Waals surface area contributed by atoms with Crippen molar-refractivity contribution in [2.75, 3.05) is 11.1 Å². The molecule has 4 rings (SSSR count). The molecule has 7 heteroatoms. The summed E-state index contributed by atoms with van der Waals surface area (Å²) < 4.78 is 0. The van der Waals surface area contributed by atoms with Gasteiger partial charge in [0.2, 0.25) is 0 Å². The van der Waals surface area contributed by atoms with Gasteiger partial charge >= 0.3 is 0 Å². The van der Waals surface area contributed by atoms with Crippen LogP contribution in [0.2, 0.25) is 0 Å². The van der Waals surface area contributed by atoms with Gasteiger partial charge in [-0.3, -0.25) is 9.89 Å². The zero-order chi connectivity index (χ0) is 19.0. The van der Waals surface area contributed by atoms with Crippen LogP contribution in [0.5, 0.6) is 0 Å². The number of hydrogen-bond acceptors (Lipinski definition) is 5. The Morgan fingerprint density at radius 2 is 1.93 bits per heavy atom. The molecule has 0 fully saturated rings. The number of rotatable bonds is 4. The number of benzene rings is 2. The van der Waals surface area contributed by atoms with Gasteiger partial charge in [-0.15, -0.1) is 0 Å². The number of H-pyrrole nitrogens is 1. The van der Waals surface area contributed by atoms with Gasteiger partial charge in [-0.2, -0.15) is 5.10 Å². The van der Waals surface area contributed by atoms with E-state index in [0.29, 0.717) is 11.4 Å². The number of aromatic amines is 1. The fourth-order valence-corrected chi connectivity index (χ4v) is 3.17. The number of nitrogens with zero attached hydrogens (tertiary/aromatic N) is 2. The third-order valence-corrected chi connectivity index (χ3v) is 4.44. The summed E-state index contributed by atoms with van der Waals surface area (Å²) in [4.78, 5) is 16.3. The maximum absolute atomic E-state index is 11.9. The van der Waals surface area contributed by atoms with Crippen LogP contribution in [0.25, 0.3) is 22.0 Å². The number of anilines is 3. The van der Waals surface area contributed by atoms with Crippen LogP contribution in [-0.4, -0.2) is 21.1 Å². The first kappa shape index (κ1) is 16.6. The number of primary amides is 1. The average Bonchev–Trinajstić information content (AvgIpc) is 3.12. The van der Waals surface area contributed by atoms with Crippen LogP contribution < -0.4 is 16.8 Å². The number of hydrogen-bond donors (Lipinski definition) is 4. The number of carbonyl (C=O) groups is 1. The van der Waals surface area contributed by atoms with Crippen molar-refractivity contribution >= 4 is 34.0 Å². The summed E-state index contributed by atoms with van der Waals surface area (Å²) in [6, 6.07) is 15.3. The van der Waals surface area contributed by atoms with Crippen molar-refractivity contribution in [2.45, 2.75) is 6.92 Å². The van der Waals surface area contributed by atoms with Gasteiger partial charge in [0.05, 0.1) is 17.4 Å². The molecule has 2 aromatic heterocycles. The Bertz CT molecular complexity index is 1150. The van der Waals surface area contributed by atoms with E-state index in [1.165, 1.54) is 0 Å². The van der Waals surface area contributed by atoms with Gasteiger partial charge in [0.25, 0.3) is 5.91 Å². The van der Waals surface area contributed by atoms with Crippen molar-refractivity contribution in [1.29, 1.82) is 0 Å². The van der Waals surface area contributed by atoms with Gasteiger partial charge in [0, 0.05) is 16.6 Å². The Balaban J connectivity index is 1.95. The van der Waals surface area contributed by atoms with E-state index in [1.54, 1.807) is 6.20 Å². The second kappa shape index (κ2) is 6.45. The molecule has 0 aliphatic rings. The van der Waals surface area contributed by atoms with Crippen LogP contribution in [0.4, 0.5) is 17.2 Å². The van der Waals surface area contributed by atoms with Gasteiger partial charge in [-0.1, -0.05) is 24.3 Å². The Hall–Kier alpha value is -3.87. The number of aromatic nitrogens is 3. The molecule has 0 atom stereocenters. The highest BCUT2D eigenvalue weighted by molar-refractivity contribution is 6.05. The van der Waals surface area contributed by atoms with Gasteiger partial charge in [0.1, 0.15) is 5.82 Å². The summed E-state index contributed by atoms with van der Waals surface area (Å²) in [6.07, 6.45) is 1.74. The third-order valence-electron chi connectivity index (χ3n) is 4.44. The molecule has 0 saturated heterocycles. The van der Waals surface area contributed by atoms with Crippen molar-refractivity contribution in [2.24, 2.45) is 5.73 Å². The van der Waals surface area contributed by atoms with E-state index in [4.69, 9.17) is 11.5 Å². The first-order valence-corrected chi connectivity index (χ1v) is 8.40. The smallest absolute Gasteiger partial charge is 0.269 e. The molecule has 6 N–H and O–H groups in total. The minimum Gasteiger partial charge on any atom is -0.396 e. The molecular formula is C20H18N6O. The van der Waals surface area contributed by atoms with E-state index in [9.17, 15) is 4.79 Å². The minimum absolute atomic E-state index is 0.0332. The normalized spacial score (nSPS) is 10.9. The fraction of sp³-hybridized carbons (Fsp3) is 0.0500. The topological polar surface area (TPSA) is 123 Å². The Kier molecular flexibility index (Phi) is 3.97. The number of nitrogens with two attached hydrogens (primary N) is 2. The second-order valence-corrected chi connectivity index (χ2v) is 6.26. The molecule has 0 saturated carbocycles. The maximum Gasteiger partial charge on any atom is 0.269 e. The van der Waals surface area contributed by atoms with Gasteiger partial charge in [0.15, 0.2) is 5.69 Å². The summed E-state index contributed by atoms with van der Waals surface area (Å²) in [5.41, 5.74) is 16.4. The number of carbonyl (C=O) groups excluding carboxylic acids is 1. The standard InChI is InChI=1S/C20H18N6O/c1-11-7-8-15-14(10-23-26-15)17(11)13-9-16(24-12-5-3-2-4-6-12)25-19(18(13)21)20(22)27/h2-10H,21H2,1H3,(H2,22,27)(H,23,26)(H,24,25). The Morgan fingerprint density at radius 1 is 1.15 bits per heavy atom. The zero-order valence-corrected chi connectivity index (χ0v) is 14.7. The van der Waals surface area contributed by atoms with E-state index < -0.39 is 5.91 Å². The lowest BCUT2D eigenvalue weighted by Gasteiger charge is -2.15. The number of nitrogen functional groups attached to an aromatic ring is 1. The first-order chi connectivity index (χ1) is 13.0. The fourth-order valence-electron chi connectivity index (χ4n) is 3.17. The molecule has 2 aromatic carbocycles. The molecule has 0 unspecified atom stereocenters. The summed E-state index contributed by atoms with van der Waals surface area (Å²) in [5.74, 6) is -0.193. The quantitative estimate of drug-likeness (QED) is 0.445. The lowest BCUT2D eigenvalue weighted by atomic mass is 9.95. The number of nitrogens with one attached hydrogen (secondary N) is 2. The lowest BCUT2D eigenvalue weighted by molar-refractivity contribution is 0.0996. The number of para-hydroxylation sites is 1. The van der Waals surface area contributed by atoms with Gasteiger partial charge in [-0.05, 0) is 42.3 Å². The van der Waals surface area contributed by atoms with Crippen LogP contribution in [0.1, 0.15) is 16.1 Å². The molecule has 134 valence electrons. The number of aryl methyl sites for hydroxylation is 1. The molecule has 1 amide bonds. The zero-order valence-electron chi connectivity index (χ0n) is 14.7. The first-order valence-electron chi connectivity index (χ1n) is 8.40. The predicted octanol–water partition coefficient (Wildman–Crippen LogP) is 3.36. The molecule has 27 heavy (non-hydrogen) atoms. The predicted molar refractivity (Wildman–Crippen MR) is 107 cm³/mol. The van der Waals surface area contributed by atoms with E-state index in [0.717, 1.165) is 27.7 Å². The molecule has 0 radical (unpaired) electrons. The van der Waals surface area contributed by atoms with Crippen molar-refractivity contribution in [3.05, 3.63) is 66.0 Å². The molecule has 7 nitrogen and oxygen atoms in total.